The first-order valence-electron chi connectivity index (χ1n) is 7.36. The highest BCUT2D eigenvalue weighted by Gasteiger charge is 2.33. The summed E-state index contributed by atoms with van der Waals surface area (Å²) in [4.78, 5) is 26.9. The number of likely N-dealkylation sites (tertiary alicyclic amines) is 1. The zero-order valence-corrected chi connectivity index (χ0v) is 12.2. The van der Waals surface area contributed by atoms with Crippen molar-refractivity contribution >= 4 is 12.0 Å². The van der Waals surface area contributed by atoms with E-state index in [1.165, 1.54) is 0 Å². The number of carboxylic acids is 1. The number of hydrogen-bond acceptors (Lipinski definition) is 3. The SMILES string of the molecule is CC1CCN(C(=O)N2CCOC(CC(=O)O)C2)C(C)C1. The highest BCUT2D eigenvalue weighted by Crippen LogP contribution is 2.24. The summed E-state index contributed by atoms with van der Waals surface area (Å²) in [5.74, 6) is -0.219. The standard InChI is InChI=1S/C14H24N2O4/c1-10-3-4-16(11(2)7-10)14(19)15-5-6-20-12(9-15)8-13(17)18/h10-12H,3-9H2,1-2H3,(H,17,18). The molecule has 0 spiro atoms. The second-order valence-electron chi connectivity index (χ2n) is 5.99. The largest absolute Gasteiger partial charge is 0.481 e. The number of nitrogens with zero attached hydrogens (tertiary/aromatic N) is 2. The van der Waals surface area contributed by atoms with Gasteiger partial charge in [0.05, 0.1) is 19.1 Å². The second-order valence-corrected chi connectivity index (χ2v) is 5.99. The van der Waals surface area contributed by atoms with Gasteiger partial charge in [0, 0.05) is 25.7 Å². The summed E-state index contributed by atoms with van der Waals surface area (Å²) < 4.78 is 5.41. The first-order valence-corrected chi connectivity index (χ1v) is 7.36. The van der Waals surface area contributed by atoms with Crippen LogP contribution in [-0.4, -0.2) is 65.3 Å². The number of carbonyl (C=O) groups excluding carboxylic acids is 1. The number of aliphatic carboxylic acids is 1. The minimum atomic E-state index is -0.885. The second kappa shape index (κ2) is 6.43. The average Bonchev–Trinajstić information content (AvgIpc) is 2.37. The molecule has 1 N–H and O–H groups in total. The van der Waals surface area contributed by atoms with Crippen LogP contribution in [0.4, 0.5) is 4.79 Å². The zero-order valence-electron chi connectivity index (χ0n) is 12.2. The van der Waals surface area contributed by atoms with E-state index < -0.39 is 5.97 Å². The molecule has 3 atom stereocenters. The predicted molar refractivity (Wildman–Crippen MR) is 73.5 cm³/mol. The van der Waals surface area contributed by atoms with Crippen molar-refractivity contribution < 1.29 is 19.4 Å². The zero-order chi connectivity index (χ0) is 14.7. The quantitative estimate of drug-likeness (QED) is 0.832. The van der Waals surface area contributed by atoms with E-state index in [-0.39, 0.29) is 24.6 Å². The van der Waals surface area contributed by atoms with Crippen LogP contribution in [0.5, 0.6) is 0 Å². The number of rotatable bonds is 2. The van der Waals surface area contributed by atoms with Crippen LogP contribution in [0.3, 0.4) is 0 Å². The number of hydrogen-bond donors (Lipinski definition) is 1. The molecule has 6 heteroatoms. The van der Waals surface area contributed by atoms with Crippen LogP contribution in [0.25, 0.3) is 0 Å². The van der Waals surface area contributed by atoms with Gasteiger partial charge in [-0.1, -0.05) is 6.92 Å². The summed E-state index contributed by atoms with van der Waals surface area (Å²) in [6.45, 7) is 6.45. The number of urea groups is 1. The normalized spacial score (nSPS) is 31.2. The smallest absolute Gasteiger partial charge is 0.320 e. The Morgan fingerprint density at radius 1 is 1.30 bits per heavy atom. The lowest BCUT2D eigenvalue weighted by Crippen LogP contribution is -2.55. The lowest BCUT2D eigenvalue weighted by atomic mass is 9.94. The summed E-state index contributed by atoms with van der Waals surface area (Å²) in [5, 5.41) is 8.82. The van der Waals surface area contributed by atoms with Gasteiger partial charge in [-0.15, -0.1) is 0 Å². The molecule has 6 nitrogen and oxygen atoms in total. The Morgan fingerprint density at radius 2 is 2.05 bits per heavy atom. The summed E-state index contributed by atoms with van der Waals surface area (Å²) in [6, 6.07) is 0.287. The number of piperidine rings is 1. The minimum absolute atomic E-state index is 0.0306. The van der Waals surface area contributed by atoms with Crippen LogP contribution in [-0.2, 0) is 9.53 Å². The Labute approximate surface area is 119 Å². The minimum Gasteiger partial charge on any atom is -0.481 e. The number of carbonyl (C=O) groups is 2. The highest BCUT2D eigenvalue weighted by molar-refractivity contribution is 5.75. The van der Waals surface area contributed by atoms with E-state index in [0.717, 1.165) is 19.4 Å². The van der Waals surface area contributed by atoms with Crippen molar-refractivity contribution in [3.63, 3.8) is 0 Å². The van der Waals surface area contributed by atoms with Crippen LogP contribution in [0.15, 0.2) is 0 Å². The van der Waals surface area contributed by atoms with E-state index in [1.807, 2.05) is 4.90 Å². The van der Waals surface area contributed by atoms with Gasteiger partial charge < -0.3 is 19.6 Å². The Morgan fingerprint density at radius 3 is 2.70 bits per heavy atom. The molecule has 3 unspecified atom stereocenters. The van der Waals surface area contributed by atoms with Crippen molar-refractivity contribution in [3.8, 4) is 0 Å². The van der Waals surface area contributed by atoms with Gasteiger partial charge in [0.2, 0.25) is 0 Å². The molecular weight excluding hydrogens is 260 g/mol. The lowest BCUT2D eigenvalue weighted by molar-refractivity contribution is -0.141. The molecule has 2 rings (SSSR count). The Kier molecular flexibility index (Phi) is 4.86. The first kappa shape index (κ1) is 15.1. The maximum atomic E-state index is 12.6. The number of amides is 2. The fourth-order valence-electron chi connectivity index (χ4n) is 3.08. The maximum absolute atomic E-state index is 12.6. The van der Waals surface area contributed by atoms with Crippen molar-refractivity contribution in [2.75, 3.05) is 26.2 Å². The Bertz CT molecular complexity index is 374. The molecule has 2 fully saturated rings. The first-order chi connectivity index (χ1) is 9.47. The van der Waals surface area contributed by atoms with Crippen molar-refractivity contribution in [1.82, 2.24) is 9.80 Å². The molecule has 2 amide bonds. The molecule has 2 aliphatic rings. The molecule has 0 bridgehead atoms. The molecule has 0 radical (unpaired) electrons. The van der Waals surface area contributed by atoms with Gasteiger partial charge in [0.15, 0.2) is 0 Å². The summed E-state index contributed by atoms with van der Waals surface area (Å²) in [7, 11) is 0. The van der Waals surface area contributed by atoms with Crippen LogP contribution < -0.4 is 0 Å². The van der Waals surface area contributed by atoms with Crippen LogP contribution in [0.1, 0.15) is 33.1 Å². The summed E-state index contributed by atoms with van der Waals surface area (Å²) >= 11 is 0. The maximum Gasteiger partial charge on any atom is 0.320 e. The number of ether oxygens (including phenoxy) is 1. The average molecular weight is 284 g/mol. The monoisotopic (exact) mass is 284 g/mol. The Balaban J connectivity index is 1.92. The molecule has 2 heterocycles. The number of morpholine rings is 1. The van der Waals surface area contributed by atoms with Crippen molar-refractivity contribution in [2.45, 2.75) is 45.3 Å². The van der Waals surface area contributed by atoms with E-state index in [4.69, 9.17) is 9.84 Å². The van der Waals surface area contributed by atoms with Gasteiger partial charge in [0.25, 0.3) is 0 Å². The fourth-order valence-corrected chi connectivity index (χ4v) is 3.08. The molecule has 0 aromatic rings. The fraction of sp³-hybridized carbons (Fsp3) is 0.857. The van der Waals surface area contributed by atoms with Crippen molar-refractivity contribution in [3.05, 3.63) is 0 Å². The van der Waals surface area contributed by atoms with Gasteiger partial charge in [-0.2, -0.15) is 0 Å². The molecule has 0 aromatic carbocycles. The van der Waals surface area contributed by atoms with Crippen molar-refractivity contribution in [2.24, 2.45) is 5.92 Å². The summed E-state index contributed by atoms with van der Waals surface area (Å²) in [5.41, 5.74) is 0. The predicted octanol–water partition coefficient (Wildman–Crippen LogP) is 1.40. The van der Waals surface area contributed by atoms with Gasteiger partial charge in [-0.05, 0) is 25.7 Å². The van der Waals surface area contributed by atoms with Gasteiger partial charge >= 0.3 is 12.0 Å². The van der Waals surface area contributed by atoms with Crippen LogP contribution in [0.2, 0.25) is 0 Å². The number of carboxylic acid groups (broad SMARTS) is 1. The van der Waals surface area contributed by atoms with Gasteiger partial charge in [-0.3, -0.25) is 4.79 Å². The van der Waals surface area contributed by atoms with Crippen LogP contribution in [0, 0.1) is 5.92 Å². The van der Waals surface area contributed by atoms with Crippen LogP contribution >= 0.6 is 0 Å². The third-order valence-corrected chi connectivity index (χ3v) is 4.20. The van der Waals surface area contributed by atoms with E-state index in [9.17, 15) is 9.59 Å². The van der Waals surface area contributed by atoms with E-state index in [0.29, 0.717) is 25.6 Å². The molecule has 0 saturated carbocycles. The molecule has 0 aromatic heterocycles. The summed E-state index contributed by atoms with van der Waals surface area (Å²) in [6.07, 6.45) is 1.65. The third-order valence-electron chi connectivity index (χ3n) is 4.20. The molecule has 114 valence electrons. The topological polar surface area (TPSA) is 70.1 Å². The highest BCUT2D eigenvalue weighted by atomic mass is 16.5. The lowest BCUT2D eigenvalue weighted by Gasteiger charge is -2.41. The van der Waals surface area contributed by atoms with Crippen molar-refractivity contribution in [1.29, 1.82) is 0 Å². The Hall–Kier alpha value is -1.30. The van der Waals surface area contributed by atoms with E-state index >= 15 is 0 Å². The molecular formula is C14H24N2O4. The van der Waals surface area contributed by atoms with Gasteiger partial charge in [-0.25, -0.2) is 4.79 Å². The van der Waals surface area contributed by atoms with E-state index in [2.05, 4.69) is 13.8 Å². The molecule has 2 saturated heterocycles. The van der Waals surface area contributed by atoms with E-state index in [1.54, 1.807) is 4.90 Å². The molecule has 20 heavy (non-hydrogen) atoms. The molecule has 0 aliphatic carbocycles. The van der Waals surface area contributed by atoms with Gasteiger partial charge in [0.1, 0.15) is 0 Å². The molecule has 2 aliphatic heterocycles. The third kappa shape index (κ3) is 3.62.